The van der Waals surface area contributed by atoms with Gasteiger partial charge in [0.2, 0.25) is 0 Å². The Morgan fingerprint density at radius 1 is 1.41 bits per heavy atom. The third kappa shape index (κ3) is 2.60. The summed E-state index contributed by atoms with van der Waals surface area (Å²) < 4.78 is 5.62. The number of aryl methyl sites for hydroxylation is 2. The molecule has 0 N–H and O–H groups in total. The molecule has 0 spiro atoms. The van der Waals surface area contributed by atoms with Gasteiger partial charge in [0, 0.05) is 12.6 Å². The lowest BCUT2D eigenvalue weighted by molar-refractivity contribution is -0.128. The third-order valence-electron chi connectivity index (χ3n) is 3.29. The van der Waals surface area contributed by atoms with Crippen LogP contribution < -0.4 is 4.74 Å². The summed E-state index contributed by atoms with van der Waals surface area (Å²) in [6.07, 6.45) is 0. The number of amides is 1. The summed E-state index contributed by atoms with van der Waals surface area (Å²) >= 11 is 0. The van der Waals surface area contributed by atoms with Crippen LogP contribution in [0.4, 0.5) is 0 Å². The van der Waals surface area contributed by atoms with Crippen molar-refractivity contribution in [3.8, 4) is 5.75 Å². The SMILES string of the molecule is Cc1cc(C)c(C)c(OCC(=O)N2CC2C)c1. The molecule has 1 atom stereocenters. The average molecular weight is 233 g/mol. The van der Waals surface area contributed by atoms with Crippen LogP contribution in [0.25, 0.3) is 0 Å². The summed E-state index contributed by atoms with van der Waals surface area (Å²) in [7, 11) is 0. The van der Waals surface area contributed by atoms with E-state index < -0.39 is 0 Å². The van der Waals surface area contributed by atoms with Crippen molar-refractivity contribution < 1.29 is 9.53 Å². The fourth-order valence-electron chi connectivity index (χ4n) is 1.96. The highest BCUT2D eigenvalue weighted by atomic mass is 16.5. The average Bonchev–Trinajstić information content (AvgIpc) is 2.98. The Hall–Kier alpha value is -1.51. The number of nitrogens with zero attached hydrogens (tertiary/aromatic N) is 1. The molecule has 0 radical (unpaired) electrons. The Morgan fingerprint density at radius 3 is 2.65 bits per heavy atom. The molecule has 1 heterocycles. The van der Waals surface area contributed by atoms with Gasteiger partial charge in [0.1, 0.15) is 5.75 Å². The van der Waals surface area contributed by atoms with Gasteiger partial charge < -0.3 is 9.64 Å². The summed E-state index contributed by atoms with van der Waals surface area (Å²) in [5.74, 6) is 0.904. The number of hydrogen-bond acceptors (Lipinski definition) is 2. The number of hydrogen-bond donors (Lipinski definition) is 0. The van der Waals surface area contributed by atoms with E-state index in [4.69, 9.17) is 4.74 Å². The van der Waals surface area contributed by atoms with Crippen molar-refractivity contribution in [1.29, 1.82) is 0 Å². The number of carbonyl (C=O) groups is 1. The summed E-state index contributed by atoms with van der Waals surface area (Å²) in [5.41, 5.74) is 3.48. The van der Waals surface area contributed by atoms with Crippen LogP contribution in [0, 0.1) is 20.8 Å². The molecule has 1 unspecified atom stereocenters. The maximum absolute atomic E-state index is 11.7. The van der Waals surface area contributed by atoms with E-state index >= 15 is 0 Å². The normalized spacial score (nSPS) is 18.1. The lowest BCUT2D eigenvalue weighted by Gasteiger charge is -2.12. The Bertz CT molecular complexity index is 454. The first-order valence-electron chi connectivity index (χ1n) is 5.99. The van der Waals surface area contributed by atoms with Crippen LogP contribution in [0.2, 0.25) is 0 Å². The molecular formula is C14H19NO2. The van der Waals surface area contributed by atoms with Crippen LogP contribution in [-0.4, -0.2) is 30.0 Å². The number of benzene rings is 1. The van der Waals surface area contributed by atoms with Gasteiger partial charge in [-0.25, -0.2) is 0 Å². The van der Waals surface area contributed by atoms with Crippen molar-refractivity contribution in [1.82, 2.24) is 4.90 Å². The van der Waals surface area contributed by atoms with E-state index in [9.17, 15) is 4.79 Å². The Balaban J connectivity index is 2.01. The van der Waals surface area contributed by atoms with E-state index in [1.807, 2.05) is 31.7 Å². The number of ether oxygens (including phenoxy) is 1. The van der Waals surface area contributed by atoms with Crippen molar-refractivity contribution in [3.63, 3.8) is 0 Å². The molecule has 92 valence electrons. The molecule has 17 heavy (non-hydrogen) atoms. The third-order valence-corrected chi connectivity index (χ3v) is 3.29. The van der Waals surface area contributed by atoms with Crippen LogP contribution in [0.1, 0.15) is 23.6 Å². The zero-order valence-electron chi connectivity index (χ0n) is 10.9. The molecule has 1 aliphatic heterocycles. The molecule has 0 saturated carbocycles. The Labute approximate surface area is 102 Å². The van der Waals surface area contributed by atoms with Crippen molar-refractivity contribution in [2.24, 2.45) is 0 Å². The molecule has 3 heteroatoms. The van der Waals surface area contributed by atoms with E-state index in [0.717, 1.165) is 23.4 Å². The maximum Gasteiger partial charge on any atom is 0.260 e. The van der Waals surface area contributed by atoms with E-state index in [2.05, 4.69) is 13.0 Å². The first-order valence-corrected chi connectivity index (χ1v) is 5.99. The number of rotatable bonds is 3. The molecule has 1 aromatic carbocycles. The zero-order chi connectivity index (χ0) is 12.6. The molecule has 1 fully saturated rings. The summed E-state index contributed by atoms with van der Waals surface area (Å²) in [4.78, 5) is 13.5. The molecule has 0 bridgehead atoms. The fourth-order valence-corrected chi connectivity index (χ4v) is 1.96. The second kappa shape index (κ2) is 4.40. The highest BCUT2D eigenvalue weighted by Crippen LogP contribution is 2.24. The topological polar surface area (TPSA) is 29.3 Å². The zero-order valence-corrected chi connectivity index (χ0v) is 10.9. The smallest absolute Gasteiger partial charge is 0.260 e. The van der Waals surface area contributed by atoms with Crippen LogP contribution in [0.5, 0.6) is 5.75 Å². The van der Waals surface area contributed by atoms with Crippen molar-refractivity contribution in [2.75, 3.05) is 13.2 Å². The first-order chi connectivity index (χ1) is 7.99. The lowest BCUT2D eigenvalue weighted by Crippen LogP contribution is -2.21. The van der Waals surface area contributed by atoms with Crippen LogP contribution in [-0.2, 0) is 4.79 Å². The van der Waals surface area contributed by atoms with E-state index in [0.29, 0.717) is 6.04 Å². The molecule has 2 rings (SSSR count). The second-order valence-corrected chi connectivity index (χ2v) is 4.89. The Kier molecular flexibility index (Phi) is 3.09. The summed E-state index contributed by atoms with van der Waals surface area (Å²) in [5, 5.41) is 0. The van der Waals surface area contributed by atoms with Crippen LogP contribution in [0.3, 0.4) is 0 Å². The molecule has 1 saturated heterocycles. The highest BCUT2D eigenvalue weighted by molar-refractivity contribution is 5.80. The van der Waals surface area contributed by atoms with Crippen molar-refractivity contribution in [3.05, 3.63) is 28.8 Å². The first kappa shape index (κ1) is 12.0. The minimum absolute atomic E-state index is 0.0797. The van der Waals surface area contributed by atoms with E-state index in [1.165, 1.54) is 5.56 Å². The van der Waals surface area contributed by atoms with Crippen molar-refractivity contribution >= 4 is 5.91 Å². The van der Waals surface area contributed by atoms with Gasteiger partial charge in [0.15, 0.2) is 6.61 Å². The van der Waals surface area contributed by atoms with Gasteiger partial charge in [-0.05, 0) is 50.5 Å². The van der Waals surface area contributed by atoms with Gasteiger partial charge in [-0.15, -0.1) is 0 Å². The van der Waals surface area contributed by atoms with Crippen molar-refractivity contribution in [2.45, 2.75) is 33.7 Å². The minimum Gasteiger partial charge on any atom is -0.483 e. The predicted octanol–water partition coefficient (Wildman–Crippen LogP) is 2.22. The Morgan fingerprint density at radius 2 is 2.06 bits per heavy atom. The van der Waals surface area contributed by atoms with Crippen LogP contribution >= 0.6 is 0 Å². The van der Waals surface area contributed by atoms with Crippen LogP contribution in [0.15, 0.2) is 12.1 Å². The van der Waals surface area contributed by atoms with Gasteiger partial charge >= 0.3 is 0 Å². The van der Waals surface area contributed by atoms with E-state index in [-0.39, 0.29) is 12.5 Å². The van der Waals surface area contributed by atoms with Gasteiger partial charge in [-0.2, -0.15) is 0 Å². The summed E-state index contributed by atoms with van der Waals surface area (Å²) in [6.45, 7) is 9.17. The molecule has 3 nitrogen and oxygen atoms in total. The second-order valence-electron chi connectivity index (χ2n) is 4.89. The standard InChI is InChI=1S/C14H19NO2/c1-9-5-10(2)12(4)13(6-9)17-8-14(16)15-7-11(15)3/h5-6,11H,7-8H2,1-4H3. The molecule has 1 aliphatic rings. The van der Waals surface area contributed by atoms with Gasteiger partial charge in [-0.1, -0.05) is 6.07 Å². The molecule has 0 aliphatic carbocycles. The molecule has 0 aromatic heterocycles. The maximum atomic E-state index is 11.7. The quantitative estimate of drug-likeness (QED) is 0.749. The molecule has 1 aromatic rings. The lowest BCUT2D eigenvalue weighted by atomic mass is 10.1. The highest BCUT2D eigenvalue weighted by Gasteiger charge is 2.33. The predicted molar refractivity (Wildman–Crippen MR) is 67.3 cm³/mol. The summed E-state index contributed by atoms with van der Waals surface area (Å²) in [6, 6.07) is 4.50. The van der Waals surface area contributed by atoms with Gasteiger partial charge in [0.25, 0.3) is 5.91 Å². The largest absolute Gasteiger partial charge is 0.483 e. The monoisotopic (exact) mass is 233 g/mol. The molecular weight excluding hydrogens is 214 g/mol. The van der Waals surface area contributed by atoms with Gasteiger partial charge in [-0.3, -0.25) is 4.79 Å². The fraction of sp³-hybridized carbons (Fsp3) is 0.500. The van der Waals surface area contributed by atoms with E-state index in [1.54, 1.807) is 0 Å². The molecule has 1 amide bonds. The minimum atomic E-state index is 0.0797. The van der Waals surface area contributed by atoms with Gasteiger partial charge in [0.05, 0.1) is 0 Å². The number of carbonyl (C=O) groups excluding carboxylic acids is 1.